The van der Waals surface area contributed by atoms with Crippen molar-refractivity contribution in [2.75, 3.05) is 0 Å². The van der Waals surface area contributed by atoms with E-state index in [2.05, 4.69) is 9.72 Å². The number of alkyl halides is 3. The molecule has 3 aromatic rings. The standard InChI is InChI=1S/C22H16ClF3N2O3/c23-19-10-18(30-13-16-3-1-2-8-27-16)9-15-12-28(21(29)20(15)19)11-14-4-6-17(7-5-14)31-22(24,25)26/h1-10H,11-13H2. The van der Waals surface area contributed by atoms with E-state index in [-0.39, 0.29) is 29.8 Å². The molecule has 4 rings (SSSR count). The van der Waals surface area contributed by atoms with Crippen LogP contribution in [0.15, 0.2) is 60.8 Å². The highest BCUT2D eigenvalue weighted by Gasteiger charge is 2.32. The molecule has 0 spiro atoms. The molecule has 1 aromatic heterocycles. The second-order valence-corrected chi connectivity index (χ2v) is 7.31. The quantitative estimate of drug-likeness (QED) is 0.509. The molecule has 0 saturated heterocycles. The largest absolute Gasteiger partial charge is 0.573 e. The fourth-order valence-electron chi connectivity index (χ4n) is 3.30. The molecule has 2 heterocycles. The van der Waals surface area contributed by atoms with Gasteiger partial charge in [0, 0.05) is 19.3 Å². The predicted octanol–water partition coefficient (Wildman–Crippen LogP) is 5.37. The number of pyridine rings is 1. The monoisotopic (exact) mass is 448 g/mol. The molecule has 0 radical (unpaired) electrons. The Morgan fingerprint density at radius 3 is 2.52 bits per heavy atom. The molecule has 0 saturated carbocycles. The molecule has 0 unspecified atom stereocenters. The summed E-state index contributed by atoms with van der Waals surface area (Å²) in [7, 11) is 0. The molecule has 31 heavy (non-hydrogen) atoms. The van der Waals surface area contributed by atoms with Gasteiger partial charge in [-0.05, 0) is 47.5 Å². The first-order chi connectivity index (χ1) is 14.8. The van der Waals surface area contributed by atoms with Crippen LogP contribution in [-0.2, 0) is 19.7 Å². The maximum atomic E-state index is 12.8. The minimum atomic E-state index is -4.75. The summed E-state index contributed by atoms with van der Waals surface area (Å²) in [5, 5.41) is 0.287. The molecule has 2 aromatic carbocycles. The SMILES string of the molecule is O=C1c2c(Cl)cc(OCc3ccccn3)cc2CN1Cc1ccc(OC(F)(F)F)cc1. The van der Waals surface area contributed by atoms with Crippen LogP contribution in [0.5, 0.6) is 11.5 Å². The molecule has 0 N–H and O–H groups in total. The van der Waals surface area contributed by atoms with Gasteiger partial charge in [0.15, 0.2) is 0 Å². The summed E-state index contributed by atoms with van der Waals surface area (Å²) in [4.78, 5) is 18.5. The molecule has 9 heteroatoms. The van der Waals surface area contributed by atoms with E-state index >= 15 is 0 Å². The maximum Gasteiger partial charge on any atom is 0.573 e. The Balaban J connectivity index is 1.44. The molecular formula is C22H16ClF3N2O3. The van der Waals surface area contributed by atoms with E-state index in [1.165, 1.54) is 24.3 Å². The first-order valence-electron chi connectivity index (χ1n) is 9.27. The van der Waals surface area contributed by atoms with E-state index in [0.717, 1.165) is 11.3 Å². The first kappa shape index (κ1) is 21.0. The van der Waals surface area contributed by atoms with Crippen LogP contribution < -0.4 is 9.47 Å². The average Bonchev–Trinajstić information content (AvgIpc) is 3.03. The topological polar surface area (TPSA) is 51.7 Å². The van der Waals surface area contributed by atoms with Gasteiger partial charge in [0.05, 0.1) is 16.3 Å². The molecular weight excluding hydrogens is 433 g/mol. The zero-order chi connectivity index (χ0) is 22.0. The molecule has 1 aliphatic heterocycles. The highest BCUT2D eigenvalue weighted by Crippen LogP contribution is 2.34. The number of nitrogens with zero attached hydrogens (tertiary/aromatic N) is 2. The van der Waals surface area contributed by atoms with Crippen molar-refractivity contribution in [3.8, 4) is 11.5 Å². The zero-order valence-electron chi connectivity index (χ0n) is 16.0. The summed E-state index contributed by atoms with van der Waals surface area (Å²) in [5.41, 5.74) is 2.56. The maximum absolute atomic E-state index is 12.8. The first-order valence-corrected chi connectivity index (χ1v) is 9.65. The lowest BCUT2D eigenvalue weighted by molar-refractivity contribution is -0.274. The molecule has 160 valence electrons. The Morgan fingerprint density at radius 1 is 1.06 bits per heavy atom. The fraction of sp³-hybridized carbons (Fsp3) is 0.182. The second kappa shape index (κ2) is 8.47. The Hall–Kier alpha value is -3.26. The Kier molecular flexibility index (Phi) is 5.73. The van der Waals surface area contributed by atoms with Crippen molar-refractivity contribution in [2.45, 2.75) is 26.1 Å². The smallest absolute Gasteiger partial charge is 0.487 e. The van der Waals surface area contributed by atoms with Crippen LogP contribution in [0.3, 0.4) is 0 Å². The molecule has 0 atom stereocenters. The molecule has 1 amide bonds. The number of halogens is 4. The lowest BCUT2D eigenvalue weighted by Gasteiger charge is -2.16. The van der Waals surface area contributed by atoms with Gasteiger partial charge in [-0.15, -0.1) is 13.2 Å². The third-order valence-electron chi connectivity index (χ3n) is 4.65. The summed E-state index contributed by atoms with van der Waals surface area (Å²) in [6, 6.07) is 14.3. The minimum absolute atomic E-state index is 0.222. The summed E-state index contributed by atoms with van der Waals surface area (Å²) < 4.78 is 46.5. The van der Waals surface area contributed by atoms with E-state index in [0.29, 0.717) is 23.4 Å². The van der Waals surface area contributed by atoms with Gasteiger partial charge in [0.25, 0.3) is 5.91 Å². The van der Waals surface area contributed by atoms with Gasteiger partial charge in [-0.3, -0.25) is 9.78 Å². The molecule has 1 aliphatic rings. The zero-order valence-corrected chi connectivity index (χ0v) is 16.8. The van der Waals surface area contributed by atoms with Crippen LogP contribution >= 0.6 is 11.6 Å². The van der Waals surface area contributed by atoms with E-state index < -0.39 is 6.36 Å². The number of carbonyl (C=O) groups excluding carboxylic acids is 1. The van der Waals surface area contributed by atoms with Crippen molar-refractivity contribution in [3.63, 3.8) is 0 Å². The van der Waals surface area contributed by atoms with Crippen LogP contribution in [0.1, 0.15) is 27.2 Å². The molecule has 0 fully saturated rings. The van der Waals surface area contributed by atoms with E-state index in [1.54, 1.807) is 23.2 Å². The fourth-order valence-corrected chi connectivity index (χ4v) is 3.61. The van der Waals surface area contributed by atoms with Crippen LogP contribution in [-0.4, -0.2) is 22.2 Å². The number of benzene rings is 2. The summed E-state index contributed by atoms with van der Waals surface area (Å²) in [5.74, 6) is -0.0328. The number of rotatable bonds is 6. The average molecular weight is 449 g/mol. The van der Waals surface area contributed by atoms with Crippen LogP contribution in [0.4, 0.5) is 13.2 Å². The lowest BCUT2D eigenvalue weighted by atomic mass is 10.1. The Labute approximate surface area is 181 Å². The Bertz CT molecular complexity index is 1090. The van der Waals surface area contributed by atoms with Crippen LogP contribution in [0, 0.1) is 0 Å². The van der Waals surface area contributed by atoms with E-state index in [1.807, 2.05) is 18.2 Å². The third-order valence-corrected chi connectivity index (χ3v) is 4.95. The number of ether oxygens (including phenoxy) is 2. The third kappa shape index (κ3) is 5.08. The van der Waals surface area contributed by atoms with Crippen molar-refractivity contribution >= 4 is 17.5 Å². The minimum Gasteiger partial charge on any atom is -0.487 e. The summed E-state index contributed by atoms with van der Waals surface area (Å²) in [6.07, 6.45) is -3.08. The number of amides is 1. The van der Waals surface area contributed by atoms with Gasteiger partial charge in [-0.25, -0.2) is 0 Å². The highest BCUT2D eigenvalue weighted by molar-refractivity contribution is 6.34. The van der Waals surface area contributed by atoms with Crippen LogP contribution in [0.25, 0.3) is 0 Å². The van der Waals surface area contributed by atoms with Crippen molar-refractivity contribution < 1.29 is 27.4 Å². The van der Waals surface area contributed by atoms with Gasteiger partial charge in [-0.2, -0.15) is 0 Å². The Morgan fingerprint density at radius 2 is 1.84 bits per heavy atom. The van der Waals surface area contributed by atoms with E-state index in [4.69, 9.17) is 16.3 Å². The van der Waals surface area contributed by atoms with Gasteiger partial charge in [0.2, 0.25) is 0 Å². The number of hydrogen-bond donors (Lipinski definition) is 0. The van der Waals surface area contributed by atoms with Gasteiger partial charge >= 0.3 is 6.36 Å². The molecule has 5 nitrogen and oxygen atoms in total. The van der Waals surface area contributed by atoms with Crippen molar-refractivity contribution in [2.24, 2.45) is 0 Å². The number of carbonyl (C=O) groups is 1. The van der Waals surface area contributed by atoms with E-state index in [9.17, 15) is 18.0 Å². The molecule has 0 aliphatic carbocycles. The summed E-state index contributed by atoms with van der Waals surface area (Å²) in [6.45, 7) is 0.801. The number of hydrogen-bond acceptors (Lipinski definition) is 4. The predicted molar refractivity (Wildman–Crippen MR) is 107 cm³/mol. The molecule has 0 bridgehead atoms. The van der Waals surface area contributed by atoms with Crippen molar-refractivity contribution in [1.82, 2.24) is 9.88 Å². The number of aromatic nitrogens is 1. The van der Waals surface area contributed by atoms with Gasteiger partial charge in [-0.1, -0.05) is 29.8 Å². The van der Waals surface area contributed by atoms with Gasteiger partial charge < -0.3 is 14.4 Å². The normalized spacial score (nSPS) is 13.3. The van der Waals surface area contributed by atoms with Crippen molar-refractivity contribution in [1.29, 1.82) is 0 Å². The van der Waals surface area contributed by atoms with Crippen LogP contribution in [0.2, 0.25) is 5.02 Å². The van der Waals surface area contributed by atoms with Gasteiger partial charge in [0.1, 0.15) is 18.1 Å². The lowest BCUT2D eigenvalue weighted by Crippen LogP contribution is -2.23. The second-order valence-electron chi connectivity index (χ2n) is 6.90. The summed E-state index contributed by atoms with van der Waals surface area (Å²) >= 11 is 6.34. The highest BCUT2D eigenvalue weighted by atomic mass is 35.5. The van der Waals surface area contributed by atoms with Crippen molar-refractivity contribution in [3.05, 3.63) is 88.2 Å². The number of fused-ring (bicyclic) bond motifs is 1.